The summed E-state index contributed by atoms with van der Waals surface area (Å²) in [4.78, 5) is 8.50. The molecule has 0 amide bonds. The lowest BCUT2D eigenvalue weighted by Crippen LogP contribution is -2.38. The summed E-state index contributed by atoms with van der Waals surface area (Å²) in [7, 11) is 1.69. The lowest BCUT2D eigenvalue weighted by molar-refractivity contribution is 0.379. The summed E-state index contributed by atoms with van der Waals surface area (Å²) >= 11 is 6.15. The number of aromatic nitrogens is 1. The number of nitrogens with zero attached hydrogens (tertiary/aromatic N) is 2. The Morgan fingerprint density at radius 2 is 2.19 bits per heavy atom. The predicted octanol–water partition coefficient (Wildman–Crippen LogP) is 3.99. The van der Waals surface area contributed by atoms with Crippen LogP contribution in [0.3, 0.4) is 0 Å². The van der Waals surface area contributed by atoms with Gasteiger partial charge in [0.15, 0.2) is 5.96 Å². The molecule has 5 nitrogen and oxygen atoms in total. The van der Waals surface area contributed by atoms with Crippen molar-refractivity contribution in [3.05, 3.63) is 52.5 Å². The summed E-state index contributed by atoms with van der Waals surface area (Å²) in [6.45, 7) is 6.65. The normalized spacial score (nSPS) is 20.2. The monoisotopic (exact) mass is 378 g/mol. The van der Waals surface area contributed by atoms with Crippen molar-refractivity contribution in [2.45, 2.75) is 51.1 Å². The van der Waals surface area contributed by atoms with Crippen LogP contribution >= 0.6 is 11.6 Å². The second-order valence-corrected chi connectivity index (χ2v) is 7.93. The van der Waals surface area contributed by atoms with Gasteiger partial charge in [0, 0.05) is 35.0 Å². The number of hydrogen-bond acceptors (Lipinski definition) is 3. The van der Waals surface area contributed by atoms with Crippen LogP contribution in [0.2, 0.25) is 5.02 Å². The molecular formula is C19H24ClFN4O. The highest BCUT2D eigenvalue weighted by Gasteiger charge is 2.41. The van der Waals surface area contributed by atoms with E-state index in [4.69, 9.17) is 16.0 Å². The van der Waals surface area contributed by atoms with Gasteiger partial charge in [0.2, 0.25) is 5.89 Å². The van der Waals surface area contributed by atoms with Crippen LogP contribution in [0.1, 0.15) is 50.3 Å². The van der Waals surface area contributed by atoms with Crippen molar-refractivity contribution in [2.24, 2.45) is 4.99 Å². The molecule has 2 N–H and O–H groups in total. The molecule has 1 saturated carbocycles. The highest BCUT2D eigenvalue weighted by molar-refractivity contribution is 6.31. The SMILES string of the molecule is CN=C(NCc1ncc(C(C)(C)C)o1)NC1CC1c1c(F)cccc1Cl. The van der Waals surface area contributed by atoms with Gasteiger partial charge in [-0.1, -0.05) is 38.4 Å². The number of aliphatic imine (C=N–C) groups is 1. The lowest BCUT2D eigenvalue weighted by Gasteiger charge is -2.13. The fourth-order valence-electron chi connectivity index (χ4n) is 2.81. The minimum Gasteiger partial charge on any atom is -0.443 e. The van der Waals surface area contributed by atoms with Crippen molar-refractivity contribution >= 4 is 17.6 Å². The van der Waals surface area contributed by atoms with Crippen LogP contribution in [0.25, 0.3) is 0 Å². The second kappa shape index (κ2) is 7.27. The van der Waals surface area contributed by atoms with Crippen molar-refractivity contribution in [1.82, 2.24) is 15.6 Å². The van der Waals surface area contributed by atoms with Gasteiger partial charge in [-0.2, -0.15) is 0 Å². The molecule has 140 valence electrons. The Balaban J connectivity index is 1.56. The van der Waals surface area contributed by atoms with Gasteiger partial charge >= 0.3 is 0 Å². The first-order chi connectivity index (χ1) is 12.3. The molecular weight excluding hydrogens is 355 g/mol. The Labute approximate surface area is 158 Å². The third kappa shape index (κ3) is 4.18. The zero-order chi connectivity index (χ0) is 18.9. The Morgan fingerprint density at radius 3 is 2.81 bits per heavy atom. The van der Waals surface area contributed by atoms with E-state index >= 15 is 0 Å². The standard InChI is InChI=1S/C19H24ClFN4O/c1-19(2,3)15-9-23-16(26-15)10-24-18(22-4)25-14-8-11(14)17-12(20)6-5-7-13(17)21/h5-7,9,11,14H,8,10H2,1-4H3,(H2,22,24,25). The number of halogens is 2. The van der Waals surface area contributed by atoms with Crippen molar-refractivity contribution in [2.75, 3.05) is 7.05 Å². The van der Waals surface area contributed by atoms with Gasteiger partial charge < -0.3 is 15.1 Å². The molecule has 1 aliphatic carbocycles. The Morgan fingerprint density at radius 1 is 1.42 bits per heavy atom. The molecule has 2 atom stereocenters. The van der Waals surface area contributed by atoms with Crippen LogP contribution in [-0.2, 0) is 12.0 Å². The molecule has 1 aromatic carbocycles. The number of rotatable bonds is 4. The van der Waals surface area contributed by atoms with Gasteiger partial charge in [-0.15, -0.1) is 0 Å². The zero-order valence-corrected chi connectivity index (χ0v) is 16.2. The van der Waals surface area contributed by atoms with E-state index in [1.165, 1.54) is 6.07 Å². The summed E-state index contributed by atoms with van der Waals surface area (Å²) < 4.78 is 19.8. The fourth-order valence-corrected chi connectivity index (χ4v) is 3.11. The topological polar surface area (TPSA) is 62.5 Å². The number of guanidine groups is 1. The van der Waals surface area contributed by atoms with Crippen LogP contribution in [0.5, 0.6) is 0 Å². The largest absolute Gasteiger partial charge is 0.443 e. The maximum absolute atomic E-state index is 14.0. The lowest BCUT2D eigenvalue weighted by atomic mass is 9.94. The Kier molecular flexibility index (Phi) is 5.23. The quantitative estimate of drug-likeness (QED) is 0.623. The van der Waals surface area contributed by atoms with Gasteiger partial charge in [0.1, 0.15) is 11.6 Å². The van der Waals surface area contributed by atoms with Gasteiger partial charge in [-0.3, -0.25) is 4.99 Å². The molecule has 0 spiro atoms. The van der Waals surface area contributed by atoms with E-state index < -0.39 is 0 Å². The summed E-state index contributed by atoms with van der Waals surface area (Å²) in [5.41, 5.74) is 0.496. The van der Waals surface area contributed by atoms with E-state index in [1.807, 2.05) is 0 Å². The van der Waals surface area contributed by atoms with Crippen LogP contribution in [0, 0.1) is 5.82 Å². The molecule has 2 aromatic rings. The van der Waals surface area contributed by atoms with Crippen LogP contribution < -0.4 is 10.6 Å². The van der Waals surface area contributed by atoms with Crippen molar-refractivity contribution < 1.29 is 8.81 Å². The zero-order valence-electron chi connectivity index (χ0n) is 15.4. The average molecular weight is 379 g/mol. The van der Waals surface area contributed by atoms with Crippen LogP contribution in [-0.4, -0.2) is 24.0 Å². The van der Waals surface area contributed by atoms with E-state index in [0.717, 1.165) is 12.2 Å². The molecule has 0 bridgehead atoms. The first-order valence-electron chi connectivity index (χ1n) is 8.66. The van der Waals surface area contributed by atoms with Crippen molar-refractivity contribution in [3.63, 3.8) is 0 Å². The summed E-state index contributed by atoms with van der Waals surface area (Å²) in [5, 5.41) is 6.94. The van der Waals surface area contributed by atoms with Crippen molar-refractivity contribution in [3.8, 4) is 0 Å². The van der Waals surface area contributed by atoms with Gasteiger partial charge in [0.25, 0.3) is 0 Å². The summed E-state index contributed by atoms with van der Waals surface area (Å²) in [6, 6.07) is 4.89. The third-order valence-corrected chi connectivity index (χ3v) is 4.74. The molecule has 26 heavy (non-hydrogen) atoms. The Hall–Kier alpha value is -2.08. The number of oxazole rings is 1. The second-order valence-electron chi connectivity index (χ2n) is 7.52. The minimum atomic E-state index is -0.260. The number of hydrogen-bond donors (Lipinski definition) is 2. The highest BCUT2D eigenvalue weighted by atomic mass is 35.5. The first-order valence-corrected chi connectivity index (χ1v) is 9.03. The van der Waals surface area contributed by atoms with E-state index in [0.29, 0.717) is 29.0 Å². The third-order valence-electron chi connectivity index (χ3n) is 4.41. The molecule has 1 aliphatic rings. The van der Waals surface area contributed by atoms with E-state index in [9.17, 15) is 4.39 Å². The smallest absolute Gasteiger partial charge is 0.213 e. The minimum absolute atomic E-state index is 0.0523. The molecule has 1 fully saturated rings. The van der Waals surface area contributed by atoms with Gasteiger partial charge in [0.05, 0.1) is 12.7 Å². The van der Waals surface area contributed by atoms with Crippen LogP contribution in [0.15, 0.2) is 33.8 Å². The molecule has 0 aliphatic heterocycles. The summed E-state index contributed by atoms with van der Waals surface area (Å²) in [6.07, 6.45) is 2.57. The van der Waals surface area contributed by atoms with E-state index in [-0.39, 0.29) is 23.2 Å². The van der Waals surface area contributed by atoms with Crippen molar-refractivity contribution in [1.29, 1.82) is 0 Å². The molecule has 0 radical (unpaired) electrons. The number of benzene rings is 1. The van der Waals surface area contributed by atoms with Gasteiger partial charge in [-0.05, 0) is 18.6 Å². The molecule has 2 unspecified atom stereocenters. The summed E-state index contributed by atoms with van der Waals surface area (Å²) in [5.74, 6) is 1.86. The maximum atomic E-state index is 14.0. The molecule has 0 saturated heterocycles. The first kappa shape index (κ1) is 18.7. The fraction of sp³-hybridized carbons (Fsp3) is 0.474. The Bertz CT molecular complexity index is 792. The highest BCUT2D eigenvalue weighted by Crippen LogP contribution is 2.44. The van der Waals surface area contributed by atoms with E-state index in [2.05, 4.69) is 41.4 Å². The predicted molar refractivity (Wildman–Crippen MR) is 101 cm³/mol. The molecule has 3 rings (SSSR count). The van der Waals surface area contributed by atoms with E-state index in [1.54, 1.807) is 25.4 Å². The average Bonchev–Trinajstić information content (AvgIpc) is 3.12. The molecule has 1 aromatic heterocycles. The number of nitrogens with one attached hydrogen (secondary N) is 2. The molecule has 1 heterocycles. The molecule has 7 heteroatoms. The van der Waals surface area contributed by atoms with Crippen LogP contribution in [0.4, 0.5) is 4.39 Å². The van der Waals surface area contributed by atoms with Gasteiger partial charge in [-0.25, -0.2) is 9.37 Å². The maximum Gasteiger partial charge on any atom is 0.213 e.